The molecule has 2 heteroatoms. The fourth-order valence-corrected chi connectivity index (χ4v) is 3.53. The zero-order valence-electron chi connectivity index (χ0n) is 18.3. The largest absolute Gasteiger partial charge is 0.494 e. The number of benzene rings is 2. The highest BCUT2D eigenvalue weighted by Crippen LogP contribution is 2.17. The smallest absolute Gasteiger partial charge is 0.119 e. The molecule has 0 aliphatic heterocycles. The van der Waals surface area contributed by atoms with Crippen LogP contribution in [0.5, 0.6) is 5.75 Å². The summed E-state index contributed by atoms with van der Waals surface area (Å²) in [6.45, 7) is 7.53. The van der Waals surface area contributed by atoms with Crippen LogP contribution in [0.1, 0.15) is 76.0 Å². The fourth-order valence-electron chi connectivity index (χ4n) is 3.33. The van der Waals surface area contributed by atoms with Crippen LogP contribution in [0.4, 0.5) is 0 Å². The zero-order valence-corrected chi connectivity index (χ0v) is 19.1. The Morgan fingerprint density at radius 3 is 2.41 bits per heavy atom. The summed E-state index contributed by atoms with van der Waals surface area (Å²) < 4.78 is 5.92. The first-order valence-electron chi connectivity index (χ1n) is 11.1. The average Bonchev–Trinajstić information content (AvgIpc) is 2.72. The summed E-state index contributed by atoms with van der Waals surface area (Å²) in [5, 5.41) is 0. The first-order valence-corrected chi connectivity index (χ1v) is 11.5. The van der Waals surface area contributed by atoms with Crippen molar-refractivity contribution in [3.05, 3.63) is 71.3 Å². The molecule has 0 fully saturated rings. The maximum Gasteiger partial charge on any atom is 0.119 e. The number of rotatable bonds is 13. The summed E-state index contributed by atoms with van der Waals surface area (Å²) in [5.74, 6) is 1.60. The quantitative estimate of drug-likeness (QED) is 0.143. The first-order chi connectivity index (χ1) is 14.1. The number of allylic oxidation sites excluding steroid dienone is 1. The van der Waals surface area contributed by atoms with Crippen molar-refractivity contribution in [2.45, 2.75) is 65.7 Å². The van der Waals surface area contributed by atoms with Crippen molar-refractivity contribution in [3.8, 4) is 5.75 Å². The number of ether oxygens (including phenoxy) is 1. The Hall–Kier alpha value is -1.93. The van der Waals surface area contributed by atoms with Gasteiger partial charge in [0.15, 0.2) is 0 Å². The summed E-state index contributed by atoms with van der Waals surface area (Å²) in [5.41, 5.74) is 3.58. The molecule has 0 radical (unpaired) electrons. The van der Waals surface area contributed by atoms with E-state index >= 15 is 0 Å². The molecule has 0 atom stereocenters. The number of thiocarbonyl (C=S) groups is 1. The molecule has 0 amide bonds. The van der Waals surface area contributed by atoms with E-state index in [1.54, 1.807) is 0 Å². The second-order valence-corrected chi connectivity index (χ2v) is 8.62. The average molecular weight is 409 g/mol. The Morgan fingerprint density at radius 2 is 1.69 bits per heavy atom. The van der Waals surface area contributed by atoms with Crippen molar-refractivity contribution in [1.82, 2.24) is 0 Å². The topological polar surface area (TPSA) is 9.23 Å². The van der Waals surface area contributed by atoms with Gasteiger partial charge in [-0.3, -0.25) is 0 Å². The molecule has 29 heavy (non-hydrogen) atoms. The molecule has 0 unspecified atom stereocenters. The summed E-state index contributed by atoms with van der Waals surface area (Å²) in [4.78, 5) is 0.861. The SMILES string of the molecule is CCCCCCCCOc1cccc(C=CC(=S)c2ccc(CC(C)C)cc2)c1. The van der Waals surface area contributed by atoms with Crippen LogP contribution >= 0.6 is 12.2 Å². The van der Waals surface area contributed by atoms with Crippen molar-refractivity contribution < 1.29 is 4.74 Å². The molecule has 0 aromatic heterocycles. The number of hydrogen-bond acceptors (Lipinski definition) is 2. The Morgan fingerprint density at radius 1 is 0.966 bits per heavy atom. The van der Waals surface area contributed by atoms with Gasteiger partial charge in [-0.2, -0.15) is 0 Å². The van der Waals surface area contributed by atoms with Crippen LogP contribution in [0, 0.1) is 5.92 Å². The maximum atomic E-state index is 5.92. The van der Waals surface area contributed by atoms with Gasteiger partial charge in [0.05, 0.1) is 6.61 Å². The Labute approximate surface area is 183 Å². The van der Waals surface area contributed by atoms with E-state index < -0.39 is 0 Å². The lowest BCUT2D eigenvalue weighted by Gasteiger charge is -2.07. The summed E-state index contributed by atoms with van der Waals surface area (Å²) >= 11 is 5.59. The lowest BCUT2D eigenvalue weighted by Crippen LogP contribution is -1.97. The molecule has 0 bridgehead atoms. The van der Waals surface area contributed by atoms with E-state index in [2.05, 4.69) is 63.2 Å². The summed E-state index contributed by atoms with van der Waals surface area (Å²) in [6, 6.07) is 16.9. The van der Waals surface area contributed by atoms with Gasteiger partial charge in [-0.15, -0.1) is 0 Å². The third-order valence-electron chi connectivity index (χ3n) is 4.93. The van der Waals surface area contributed by atoms with Gasteiger partial charge in [-0.25, -0.2) is 0 Å². The Bertz CT molecular complexity index is 758. The van der Waals surface area contributed by atoms with Gasteiger partial charge in [-0.1, -0.05) is 108 Å². The highest BCUT2D eigenvalue weighted by molar-refractivity contribution is 7.81. The van der Waals surface area contributed by atoms with E-state index in [4.69, 9.17) is 17.0 Å². The molecule has 0 aliphatic rings. The van der Waals surface area contributed by atoms with E-state index in [1.165, 1.54) is 37.7 Å². The molecule has 2 aromatic rings. The van der Waals surface area contributed by atoms with Gasteiger partial charge in [0.2, 0.25) is 0 Å². The van der Waals surface area contributed by atoms with Crippen molar-refractivity contribution in [1.29, 1.82) is 0 Å². The molecule has 0 N–H and O–H groups in total. The monoisotopic (exact) mass is 408 g/mol. The van der Waals surface area contributed by atoms with E-state index in [9.17, 15) is 0 Å². The van der Waals surface area contributed by atoms with Crippen LogP contribution in [0.25, 0.3) is 6.08 Å². The summed E-state index contributed by atoms with van der Waals surface area (Å²) in [6.07, 6.45) is 12.9. The summed E-state index contributed by atoms with van der Waals surface area (Å²) in [7, 11) is 0. The molecule has 0 saturated heterocycles. The van der Waals surface area contributed by atoms with Crippen molar-refractivity contribution >= 4 is 23.2 Å². The van der Waals surface area contributed by atoms with Crippen LogP contribution in [0.15, 0.2) is 54.6 Å². The van der Waals surface area contributed by atoms with Crippen LogP contribution in [0.2, 0.25) is 0 Å². The Balaban J connectivity index is 1.82. The van der Waals surface area contributed by atoms with Gasteiger partial charge < -0.3 is 4.74 Å². The fraction of sp³-hybridized carbons (Fsp3) is 0.444. The molecule has 1 nitrogen and oxygen atoms in total. The molecule has 0 heterocycles. The number of hydrogen-bond donors (Lipinski definition) is 0. The normalized spacial score (nSPS) is 11.3. The molecular formula is C27H36OS. The minimum absolute atomic E-state index is 0.670. The minimum atomic E-state index is 0.670. The third kappa shape index (κ3) is 9.41. The standard InChI is InChI=1S/C27H36OS/c1-4-5-6-7-8-9-19-28-26-12-10-11-23(21-26)15-18-27(29)25-16-13-24(14-17-25)20-22(2)3/h10-18,21-22H,4-9,19-20H2,1-3H3. The van der Waals surface area contributed by atoms with E-state index in [0.29, 0.717) is 5.92 Å². The van der Waals surface area contributed by atoms with Gasteiger partial charge >= 0.3 is 0 Å². The first kappa shape index (κ1) is 23.3. The predicted octanol–water partition coefficient (Wildman–Crippen LogP) is 8.06. The molecule has 2 aromatic carbocycles. The van der Waals surface area contributed by atoms with E-state index in [-0.39, 0.29) is 0 Å². The van der Waals surface area contributed by atoms with E-state index in [1.807, 2.05) is 18.2 Å². The highest BCUT2D eigenvalue weighted by Gasteiger charge is 2.01. The molecule has 0 spiro atoms. The lowest BCUT2D eigenvalue weighted by molar-refractivity contribution is 0.304. The lowest BCUT2D eigenvalue weighted by atomic mass is 10.0. The van der Waals surface area contributed by atoms with Crippen molar-refractivity contribution in [2.75, 3.05) is 6.61 Å². The van der Waals surface area contributed by atoms with E-state index in [0.717, 1.165) is 41.2 Å². The Kier molecular flexibility index (Phi) is 10.7. The third-order valence-corrected chi connectivity index (χ3v) is 5.31. The highest BCUT2D eigenvalue weighted by atomic mass is 32.1. The van der Waals surface area contributed by atoms with Gasteiger partial charge in [0.1, 0.15) is 5.75 Å². The van der Waals surface area contributed by atoms with Crippen molar-refractivity contribution in [2.24, 2.45) is 5.92 Å². The van der Waals surface area contributed by atoms with Gasteiger partial charge in [0.25, 0.3) is 0 Å². The van der Waals surface area contributed by atoms with Crippen LogP contribution < -0.4 is 4.74 Å². The van der Waals surface area contributed by atoms with Crippen LogP contribution in [-0.4, -0.2) is 11.5 Å². The maximum absolute atomic E-state index is 5.92. The van der Waals surface area contributed by atoms with Crippen LogP contribution in [0.3, 0.4) is 0 Å². The minimum Gasteiger partial charge on any atom is -0.494 e. The molecule has 0 saturated carbocycles. The molecule has 0 aliphatic carbocycles. The second-order valence-electron chi connectivity index (χ2n) is 8.18. The number of unbranched alkanes of at least 4 members (excludes halogenated alkanes) is 5. The zero-order chi connectivity index (χ0) is 20.9. The predicted molar refractivity (Wildman–Crippen MR) is 131 cm³/mol. The molecule has 2 rings (SSSR count). The van der Waals surface area contributed by atoms with Crippen molar-refractivity contribution in [3.63, 3.8) is 0 Å². The van der Waals surface area contributed by atoms with Gasteiger partial charge in [0, 0.05) is 4.86 Å². The molecule has 156 valence electrons. The second kappa shape index (κ2) is 13.3. The van der Waals surface area contributed by atoms with Gasteiger partial charge in [-0.05, 0) is 53.7 Å². The van der Waals surface area contributed by atoms with Crippen LogP contribution in [-0.2, 0) is 6.42 Å². The molecular weight excluding hydrogens is 372 g/mol.